The molecule has 3 atom stereocenters. The lowest BCUT2D eigenvalue weighted by atomic mass is 9.76. The predicted octanol–water partition coefficient (Wildman–Crippen LogP) is 3.89. The summed E-state index contributed by atoms with van der Waals surface area (Å²) in [7, 11) is 0. The third kappa shape index (κ3) is 3.25. The Morgan fingerprint density at radius 2 is 1.90 bits per heavy atom. The van der Waals surface area contributed by atoms with Crippen LogP contribution in [-0.2, 0) is 4.74 Å². The van der Waals surface area contributed by atoms with E-state index in [9.17, 15) is 14.9 Å². The zero-order valence-electron chi connectivity index (χ0n) is 16.5. The Morgan fingerprint density at radius 1 is 1.13 bits per heavy atom. The van der Waals surface area contributed by atoms with E-state index in [1.165, 1.54) is 0 Å². The number of nitro benzene ring substituents is 1. The second kappa shape index (κ2) is 7.57. The Kier molecular flexibility index (Phi) is 4.75. The van der Waals surface area contributed by atoms with Gasteiger partial charge in [0.1, 0.15) is 0 Å². The fraction of sp³-hybridized carbons (Fsp3) is 0.348. The summed E-state index contributed by atoms with van der Waals surface area (Å²) in [6.45, 7) is 2.43. The molecule has 2 aliphatic heterocycles. The van der Waals surface area contributed by atoms with Gasteiger partial charge in [0.05, 0.1) is 24.2 Å². The molecule has 0 spiro atoms. The normalized spacial score (nSPS) is 24.7. The number of hydrogen-bond acceptors (Lipinski definition) is 5. The highest BCUT2D eigenvalue weighted by atomic mass is 16.6. The lowest BCUT2D eigenvalue weighted by molar-refractivity contribution is -0.384. The summed E-state index contributed by atoms with van der Waals surface area (Å²) in [6.07, 6.45) is 5.35. The maximum atomic E-state index is 12.9. The Balaban J connectivity index is 1.44. The zero-order valence-corrected chi connectivity index (χ0v) is 16.5. The number of carbonyl (C=O) groups is 1. The number of morpholine rings is 1. The quantitative estimate of drug-likeness (QED) is 0.476. The number of allylic oxidation sites excluding steroid dienone is 2. The van der Waals surface area contributed by atoms with Gasteiger partial charge in [-0.2, -0.15) is 0 Å². The number of rotatable bonds is 3. The van der Waals surface area contributed by atoms with Crippen molar-refractivity contribution in [2.24, 2.45) is 5.92 Å². The molecule has 2 heterocycles. The topological polar surface area (TPSA) is 84.7 Å². The Morgan fingerprint density at radius 3 is 2.63 bits per heavy atom. The van der Waals surface area contributed by atoms with Crippen LogP contribution >= 0.6 is 0 Å². The molecule has 1 aliphatic carbocycles. The first kappa shape index (κ1) is 18.8. The summed E-state index contributed by atoms with van der Waals surface area (Å²) in [5.74, 6) is 0.587. The second-order valence-corrected chi connectivity index (χ2v) is 8.03. The van der Waals surface area contributed by atoms with Crippen molar-refractivity contribution in [3.05, 3.63) is 81.4 Å². The average molecular weight is 405 g/mol. The van der Waals surface area contributed by atoms with E-state index in [0.29, 0.717) is 37.8 Å². The van der Waals surface area contributed by atoms with Gasteiger partial charge in [-0.05, 0) is 41.7 Å². The molecule has 1 fully saturated rings. The van der Waals surface area contributed by atoms with Gasteiger partial charge in [-0.1, -0.05) is 24.3 Å². The van der Waals surface area contributed by atoms with Crippen LogP contribution in [0.15, 0.2) is 54.6 Å². The van der Waals surface area contributed by atoms with E-state index in [-0.39, 0.29) is 28.5 Å². The highest BCUT2D eigenvalue weighted by Gasteiger charge is 2.38. The predicted molar refractivity (Wildman–Crippen MR) is 113 cm³/mol. The van der Waals surface area contributed by atoms with Crippen LogP contribution in [0.1, 0.15) is 39.9 Å². The number of anilines is 1. The van der Waals surface area contributed by atoms with Crippen LogP contribution in [0.2, 0.25) is 0 Å². The van der Waals surface area contributed by atoms with Crippen molar-refractivity contribution in [1.29, 1.82) is 0 Å². The van der Waals surface area contributed by atoms with Crippen LogP contribution in [0.25, 0.3) is 0 Å². The molecule has 7 heteroatoms. The Labute approximate surface area is 174 Å². The first-order valence-electron chi connectivity index (χ1n) is 10.3. The van der Waals surface area contributed by atoms with E-state index < -0.39 is 0 Å². The summed E-state index contributed by atoms with van der Waals surface area (Å²) in [5.41, 5.74) is 4.02. The Hall–Kier alpha value is -3.19. The summed E-state index contributed by atoms with van der Waals surface area (Å²) in [6, 6.07) is 12.8. The number of nitro groups is 1. The molecular weight excluding hydrogens is 382 g/mol. The Bertz CT molecular complexity index is 1010. The lowest BCUT2D eigenvalue weighted by Crippen LogP contribution is -2.40. The van der Waals surface area contributed by atoms with Crippen LogP contribution in [0.5, 0.6) is 0 Å². The third-order valence-corrected chi connectivity index (χ3v) is 6.37. The molecule has 154 valence electrons. The van der Waals surface area contributed by atoms with Crippen molar-refractivity contribution in [2.75, 3.05) is 31.6 Å². The number of hydrogen-bond donors (Lipinski definition) is 1. The minimum atomic E-state index is -0.375. The molecule has 0 aromatic heterocycles. The van der Waals surface area contributed by atoms with Gasteiger partial charge in [0, 0.05) is 42.4 Å². The highest BCUT2D eigenvalue weighted by molar-refractivity contribution is 5.95. The summed E-state index contributed by atoms with van der Waals surface area (Å²) in [5, 5.41) is 14.6. The van der Waals surface area contributed by atoms with Crippen LogP contribution in [-0.4, -0.2) is 42.0 Å². The molecule has 7 nitrogen and oxygen atoms in total. The standard InChI is InChI=1S/C23H23N3O4/c27-23(25-10-12-30-13-11-25)16-6-9-21-20(14-16)18-2-1-3-19(18)22(24-21)15-4-7-17(8-5-15)26(28)29/h1-2,4-9,14,18-19,22,24H,3,10-13H2/t18-,19-,22-/m1/s1. The van der Waals surface area contributed by atoms with Crippen molar-refractivity contribution in [1.82, 2.24) is 4.90 Å². The minimum Gasteiger partial charge on any atom is -0.378 e. The molecule has 1 N–H and O–H groups in total. The molecule has 2 aromatic carbocycles. The van der Waals surface area contributed by atoms with Gasteiger partial charge in [-0.3, -0.25) is 14.9 Å². The largest absolute Gasteiger partial charge is 0.378 e. The molecule has 1 saturated heterocycles. The molecule has 1 amide bonds. The number of non-ortho nitro benzene ring substituents is 1. The van der Waals surface area contributed by atoms with E-state index in [4.69, 9.17) is 4.74 Å². The number of fused-ring (bicyclic) bond motifs is 3. The van der Waals surface area contributed by atoms with E-state index in [0.717, 1.165) is 23.2 Å². The van der Waals surface area contributed by atoms with E-state index in [1.807, 2.05) is 35.2 Å². The minimum absolute atomic E-state index is 0.0529. The number of nitrogens with zero attached hydrogens (tertiary/aromatic N) is 2. The van der Waals surface area contributed by atoms with Crippen LogP contribution in [0, 0.1) is 16.0 Å². The number of nitrogens with one attached hydrogen (secondary N) is 1. The van der Waals surface area contributed by atoms with Gasteiger partial charge >= 0.3 is 0 Å². The molecule has 30 heavy (non-hydrogen) atoms. The molecular formula is C23H23N3O4. The monoisotopic (exact) mass is 405 g/mol. The second-order valence-electron chi connectivity index (χ2n) is 8.03. The van der Waals surface area contributed by atoms with Gasteiger partial charge in [-0.15, -0.1) is 0 Å². The average Bonchev–Trinajstić information content (AvgIpc) is 3.29. The van der Waals surface area contributed by atoms with Crippen LogP contribution in [0.3, 0.4) is 0 Å². The number of carbonyl (C=O) groups excluding carboxylic acids is 1. The van der Waals surface area contributed by atoms with Gasteiger partial charge in [-0.25, -0.2) is 0 Å². The number of ether oxygens (including phenoxy) is 1. The molecule has 0 bridgehead atoms. The molecule has 0 radical (unpaired) electrons. The molecule has 5 rings (SSSR count). The van der Waals surface area contributed by atoms with Crippen molar-refractivity contribution in [2.45, 2.75) is 18.4 Å². The maximum absolute atomic E-state index is 12.9. The smallest absolute Gasteiger partial charge is 0.269 e. The first-order chi connectivity index (χ1) is 14.6. The molecule has 0 unspecified atom stereocenters. The SMILES string of the molecule is O=C(c1ccc2c(c1)[C@@H]1C=CC[C@H]1[C@@H](c1ccc([N+](=O)[O-])cc1)N2)N1CCOCC1. The van der Waals surface area contributed by atoms with E-state index >= 15 is 0 Å². The van der Waals surface area contributed by atoms with Gasteiger partial charge in [0.15, 0.2) is 0 Å². The summed E-state index contributed by atoms with van der Waals surface area (Å²) < 4.78 is 5.36. The van der Waals surface area contributed by atoms with E-state index in [1.54, 1.807) is 12.1 Å². The van der Waals surface area contributed by atoms with Crippen LogP contribution < -0.4 is 5.32 Å². The highest BCUT2D eigenvalue weighted by Crippen LogP contribution is 2.50. The van der Waals surface area contributed by atoms with Gasteiger partial charge in [0.25, 0.3) is 11.6 Å². The number of amides is 1. The van der Waals surface area contributed by atoms with Crippen molar-refractivity contribution in [3.63, 3.8) is 0 Å². The molecule has 0 saturated carbocycles. The molecule has 2 aromatic rings. The van der Waals surface area contributed by atoms with Crippen molar-refractivity contribution >= 4 is 17.3 Å². The fourth-order valence-electron chi connectivity index (χ4n) is 4.81. The zero-order chi connectivity index (χ0) is 20.7. The van der Waals surface area contributed by atoms with Crippen molar-refractivity contribution < 1.29 is 14.5 Å². The van der Waals surface area contributed by atoms with E-state index in [2.05, 4.69) is 17.5 Å². The summed E-state index contributed by atoms with van der Waals surface area (Å²) >= 11 is 0. The maximum Gasteiger partial charge on any atom is 0.269 e. The summed E-state index contributed by atoms with van der Waals surface area (Å²) in [4.78, 5) is 25.4. The fourth-order valence-corrected chi connectivity index (χ4v) is 4.81. The lowest BCUT2D eigenvalue weighted by Gasteiger charge is -2.38. The van der Waals surface area contributed by atoms with Gasteiger partial charge in [0.2, 0.25) is 0 Å². The van der Waals surface area contributed by atoms with Crippen LogP contribution in [0.4, 0.5) is 11.4 Å². The van der Waals surface area contributed by atoms with Crippen molar-refractivity contribution in [3.8, 4) is 0 Å². The third-order valence-electron chi connectivity index (χ3n) is 6.37. The first-order valence-corrected chi connectivity index (χ1v) is 10.3. The van der Waals surface area contributed by atoms with Gasteiger partial charge < -0.3 is 15.0 Å². The molecule has 3 aliphatic rings. The number of benzene rings is 2.